The number of rotatable bonds is 6. The quantitative estimate of drug-likeness (QED) is 0.353. The van der Waals surface area contributed by atoms with Gasteiger partial charge < -0.3 is 4.74 Å². The first-order valence-corrected chi connectivity index (χ1v) is 6.82. The van der Waals surface area contributed by atoms with E-state index in [-0.39, 0.29) is 11.7 Å². The molecule has 7 heteroatoms. The number of benzene rings is 2. The van der Waals surface area contributed by atoms with Gasteiger partial charge in [0.2, 0.25) is 0 Å². The smallest absolute Gasteiger partial charge is 0.338 e. The average Bonchev–Trinajstić information content (AvgIpc) is 2.54. The first-order chi connectivity index (χ1) is 11.1. The second-order valence-electron chi connectivity index (χ2n) is 4.41. The van der Waals surface area contributed by atoms with Gasteiger partial charge in [0.15, 0.2) is 0 Å². The molecule has 2 aromatic rings. The third-order valence-corrected chi connectivity index (χ3v) is 2.80. The summed E-state index contributed by atoms with van der Waals surface area (Å²) in [5, 5.41) is 9.34. The second-order valence-corrected chi connectivity index (χ2v) is 4.41. The maximum Gasteiger partial charge on any atom is 0.338 e. The molecular formula is C16H14N2O5. The van der Waals surface area contributed by atoms with Crippen LogP contribution >= 0.6 is 0 Å². The summed E-state index contributed by atoms with van der Waals surface area (Å²) in [6.07, 6.45) is 1.61. The summed E-state index contributed by atoms with van der Waals surface area (Å²) in [6.45, 7) is 2.08. The van der Waals surface area contributed by atoms with Gasteiger partial charge in [0.25, 0.3) is 5.09 Å². The van der Waals surface area contributed by atoms with Crippen LogP contribution in [0.2, 0.25) is 0 Å². The zero-order chi connectivity index (χ0) is 16.7. The van der Waals surface area contributed by atoms with Gasteiger partial charge >= 0.3 is 5.97 Å². The number of esters is 1. The Kier molecular flexibility index (Phi) is 5.40. The molecule has 0 spiro atoms. The van der Waals surface area contributed by atoms with Crippen LogP contribution in [-0.2, 0) is 4.74 Å². The van der Waals surface area contributed by atoms with Crippen molar-refractivity contribution in [2.75, 3.05) is 6.61 Å². The highest BCUT2D eigenvalue weighted by Crippen LogP contribution is 2.15. The molecule has 0 bridgehead atoms. The summed E-state index contributed by atoms with van der Waals surface area (Å²) in [5.41, 5.74) is 1.89. The molecule has 0 N–H and O–H groups in total. The molecule has 0 unspecified atom stereocenters. The lowest BCUT2D eigenvalue weighted by atomic mass is 10.2. The lowest BCUT2D eigenvalue weighted by Crippen LogP contribution is -2.03. The van der Waals surface area contributed by atoms with E-state index >= 15 is 0 Å². The van der Waals surface area contributed by atoms with E-state index in [2.05, 4.69) is 9.83 Å². The summed E-state index contributed by atoms with van der Waals surface area (Å²) < 4.78 is 4.90. The van der Waals surface area contributed by atoms with Gasteiger partial charge in [-0.2, -0.15) is 0 Å². The van der Waals surface area contributed by atoms with Crippen molar-refractivity contribution >= 4 is 17.9 Å². The van der Waals surface area contributed by atoms with E-state index in [0.717, 1.165) is 5.56 Å². The monoisotopic (exact) mass is 314 g/mol. The van der Waals surface area contributed by atoms with Crippen molar-refractivity contribution in [3.05, 3.63) is 69.8 Å². The highest BCUT2D eigenvalue weighted by Gasteiger charge is 2.05. The SMILES string of the molecule is CCOC(=O)c1ccc(N=Cc2ccc(O[N+](=O)[O-])cc2)cc1. The largest absolute Gasteiger partial charge is 0.462 e. The summed E-state index contributed by atoms with van der Waals surface area (Å²) in [7, 11) is 0. The predicted octanol–water partition coefficient (Wildman–Crippen LogP) is 3.18. The summed E-state index contributed by atoms with van der Waals surface area (Å²) in [6, 6.07) is 12.9. The first-order valence-electron chi connectivity index (χ1n) is 6.82. The third kappa shape index (κ3) is 4.92. The van der Waals surface area contributed by atoms with Crippen LogP contribution in [0.5, 0.6) is 5.75 Å². The number of carbonyl (C=O) groups is 1. The topological polar surface area (TPSA) is 91.0 Å². The van der Waals surface area contributed by atoms with Gasteiger partial charge in [-0.3, -0.25) is 9.83 Å². The van der Waals surface area contributed by atoms with Crippen molar-refractivity contribution in [3.8, 4) is 5.75 Å². The molecule has 2 rings (SSSR count). The Morgan fingerprint density at radius 2 is 1.83 bits per heavy atom. The molecule has 0 heterocycles. The van der Waals surface area contributed by atoms with Gasteiger partial charge in [-0.15, -0.1) is 10.1 Å². The Hall–Kier alpha value is -3.22. The molecule has 0 aromatic heterocycles. The van der Waals surface area contributed by atoms with Crippen LogP contribution in [0.15, 0.2) is 53.5 Å². The molecule has 2 aromatic carbocycles. The molecule has 118 valence electrons. The van der Waals surface area contributed by atoms with Crippen LogP contribution in [0.4, 0.5) is 5.69 Å². The Bertz CT molecular complexity index is 708. The average molecular weight is 314 g/mol. The maximum atomic E-state index is 11.5. The van der Waals surface area contributed by atoms with Gasteiger partial charge in [0, 0.05) is 6.21 Å². The number of nitrogens with zero attached hydrogens (tertiary/aromatic N) is 2. The molecule has 0 amide bonds. The molecule has 0 saturated carbocycles. The third-order valence-electron chi connectivity index (χ3n) is 2.80. The van der Waals surface area contributed by atoms with Gasteiger partial charge in [0.05, 0.1) is 17.9 Å². The fraction of sp³-hybridized carbons (Fsp3) is 0.125. The Labute approximate surface area is 132 Å². The molecule has 7 nitrogen and oxygen atoms in total. The zero-order valence-corrected chi connectivity index (χ0v) is 12.3. The Balaban J connectivity index is 2.02. The van der Waals surface area contributed by atoms with Crippen molar-refractivity contribution in [2.45, 2.75) is 6.92 Å². The molecule has 0 aliphatic rings. The predicted molar refractivity (Wildman–Crippen MR) is 83.7 cm³/mol. The van der Waals surface area contributed by atoms with Crippen LogP contribution in [0.1, 0.15) is 22.8 Å². The van der Waals surface area contributed by atoms with E-state index in [9.17, 15) is 14.9 Å². The lowest BCUT2D eigenvalue weighted by molar-refractivity contribution is -0.711. The van der Waals surface area contributed by atoms with Crippen molar-refractivity contribution in [1.82, 2.24) is 0 Å². The highest BCUT2D eigenvalue weighted by atomic mass is 17.0. The molecule has 0 aliphatic heterocycles. The highest BCUT2D eigenvalue weighted by molar-refractivity contribution is 5.90. The summed E-state index contributed by atoms with van der Waals surface area (Å²) in [4.78, 5) is 30.3. The Morgan fingerprint density at radius 1 is 1.17 bits per heavy atom. The van der Waals surface area contributed by atoms with Crippen LogP contribution < -0.4 is 4.84 Å². The van der Waals surface area contributed by atoms with Gasteiger partial charge in [-0.1, -0.05) is 12.1 Å². The minimum atomic E-state index is -0.867. The summed E-state index contributed by atoms with van der Waals surface area (Å²) >= 11 is 0. The van der Waals surface area contributed by atoms with Crippen LogP contribution in [0.25, 0.3) is 0 Å². The molecule has 0 radical (unpaired) electrons. The Morgan fingerprint density at radius 3 is 2.39 bits per heavy atom. The normalized spacial score (nSPS) is 10.5. The van der Waals surface area contributed by atoms with E-state index in [4.69, 9.17) is 4.74 Å². The van der Waals surface area contributed by atoms with Crippen molar-refractivity contribution in [3.63, 3.8) is 0 Å². The molecular weight excluding hydrogens is 300 g/mol. The molecule has 23 heavy (non-hydrogen) atoms. The summed E-state index contributed by atoms with van der Waals surface area (Å²) in [5.74, 6) is -0.227. The number of ether oxygens (including phenoxy) is 1. The number of hydrogen-bond acceptors (Lipinski definition) is 6. The van der Waals surface area contributed by atoms with E-state index in [1.165, 1.54) is 12.1 Å². The van der Waals surface area contributed by atoms with Gasteiger partial charge in [0.1, 0.15) is 5.75 Å². The van der Waals surface area contributed by atoms with Crippen LogP contribution in [-0.4, -0.2) is 23.9 Å². The standard InChI is InChI=1S/C16H14N2O5/c1-2-22-16(19)13-5-7-14(8-6-13)17-11-12-3-9-15(10-4-12)23-18(20)21/h3-11H,2H2,1H3. The van der Waals surface area contributed by atoms with Crippen LogP contribution in [0.3, 0.4) is 0 Å². The van der Waals surface area contributed by atoms with Crippen molar-refractivity contribution in [2.24, 2.45) is 4.99 Å². The van der Waals surface area contributed by atoms with Gasteiger partial charge in [-0.05, 0) is 48.9 Å². The molecule has 0 fully saturated rings. The number of carbonyl (C=O) groups excluding carboxylic acids is 1. The van der Waals surface area contributed by atoms with E-state index in [1.54, 1.807) is 49.5 Å². The van der Waals surface area contributed by atoms with Gasteiger partial charge in [-0.25, -0.2) is 4.79 Å². The molecule has 0 saturated heterocycles. The fourth-order valence-electron chi connectivity index (χ4n) is 1.75. The first kappa shape index (κ1) is 16.2. The minimum absolute atomic E-state index is 0.144. The number of hydrogen-bond donors (Lipinski definition) is 0. The van der Waals surface area contributed by atoms with E-state index in [1.807, 2.05) is 0 Å². The maximum absolute atomic E-state index is 11.5. The zero-order valence-electron chi connectivity index (χ0n) is 12.3. The van der Waals surface area contributed by atoms with Crippen molar-refractivity contribution < 1.29 is 19.5 Å². The van der Waals surface area contributed by atoms with Crippen molar-refractivity contribution in [1.29, 1.82) is 0 Å². The van der Waals surface area contributed by atoms with E-state index in [0.29, 0.717) is 17.9 Å². The van der Waals surface area contributed by atoms with E-state index < -0.39 is 5.09 Å². The number of aliphatic imine (C=N–C) groups is 1. The fourth-order valence-corrected chi connectivity index (χ4v) is 1.75. The lowest BCUT2D eigenvalue weighted by Gasteiger charge is -2.01. The molecule has 0 aliphatic carbocycles. The van der Waals surface area contributed by atoms with Crippen LogP contribution in [0, 0.1) is 10.1 Å². The second kappa shape index (κ2) is 7.69. The molecule has 0 atom stereocenters. The minimum Gasteiger partial charge on any atom is -0.462 e.